The third kappa shape index (κ3) is 7.87. The lowest BCUT2D eigenvalue weighted by Crippen LogP contribution is -2.37. The molecule has 0 bridgehead atoms. The first kappa shape index (κ1) is 17.6. The summed E-state index contributed by atoms with van der Waals surface area (Å²) in [6, 6.07) is 0.298. The normalized spacial score (nSPS) is 20.2. The van der Waals surface area contributed by atoms with Gasteiger partial charge in [0.15, 0.2) is 0 Å². The van der Waals surface area contributed by atoms with Gasteiger partial charge in [-0.3, -0.25) is 4.79 Å². The quantitative estimate of drug-likeness (QED) is 0.643. The van der Waals surface area contributed by atoms with Crippen molar-refractivity contribution in [3.63, 3.8) is 0 Å². The van der Waals surface area contributed by atoms with Crippen LogP contribution in [-0.4, -0.2) is 51.5 Å². The first-order valence-corrected chi connectivity index (χ1v) is 6.35. The molecule has 0 spiro atoms. The van der Waals surface area contributed by atoms with E-state index in [1.807, 2.05) is 14.0 Å². The van der Waals surface area contributed by atoms with Gasteiger partial charge in [0.1, 0.15) is 0 Å². The van der Waals surface area contributed by atoms with Crippen LogP contribution in [0.25, 0.3) is 0 Å². The van der Waals surface area contributed by atoms with Crippen molar-refractivity contribution in [1.82, 2.24) is 10.6 Å². The highest BCUT2D eigenvalue weighted by molar-refractivity contribution is 5.85. The summed E-state index contributed by atoms with van der Waals surface area (Å²) in [7, 11) is 1.88. The fourth-order valence-corrected chi connectivity index (χ4v) is 1.61. The van der Waals surface area contributed by atoms with Crippen molar-refractivity contribution in [3.05, 3.63) is 0 Å². The standard InChI is InChI=1S/C12H24N2O3.ClH/c1-10(13-2)8-14-12(15)5-7-16-9-11-4-3-6-17-11;/h10-11,13H,3-9H2,1-2H3,(H,14,15);1H. The van der Waals surface area contributed by atoms with E-state index >= 15 is 0 Å². The number of amides is 1. The van der Waals surface area contributed by atoms with E-state index in [4.69, 9.17) is 9.47 Å². The number of ether oxygens (including phenoxy) is 2. The van der Waals surface area contributed by atoms with E-state index in [9.17, 15) is 4.79 Å². The van der Waals surface area contributed by atoms with Gasteiger partial charge in [-0.15, -0.1) is 12.4 Å². The van der Waals surface area contributed by atoms with Gasteiger partial charge in [-0.2, -0.15) is 0 Å². The van der Waals surface area contributed by atoms with Crippen LogP contribution in [0.4, 0.5) is 0 Å². The number of hydrogen-bond acceptors (Lipinski definition) is 4. The smallest absolute Gasteiger partial charge is 0.222 e. The molecule has 6 heteroatoms. The van der Waals surface area contributed by atoms with E-state index in [2.05, 4.69) is 10.6 Å². The van der Waals surface area contributed by atoms with E-state index in [0.717, 1.165) is 19.4 Å². The Bertz CT molecular complexity index is 223. The van der Waals surface area contributed by atoms with Crippen LogP contribution in [0.3, 0.4) is 0 Å². The maximum absolute atomic E-state index is 11.4. The van der Waals surface area contributed by atoms with Crippen LogP contribution in [0.15, 0.2) is 0 Å². The molecule has 0 aromatic carbocycles. The van der Waals surface area contributed by atoms with Crippen molar-refractivity contribution in [2.75, 3.05) is 33.4 Å². The van der Waals surface area contributed by atoms with Crippen LogP contribution in [0.2, 0.25) is 0 Å². The Labute approximate surface area is 115 Å². The average molecular weight is 281 g/mol. The molecule has 0 saturated carbocycles. The lowest BCUT2D eigenvalue weighted by molar-refractivity contribution is -0.122. The molecule has 1 amide bonds. The minimum atomic E-state index is 0. The van der Waals surface area contributed by atoms with Crippen molar-refractivity contribution in [2.24, 2.45) is 0 Å². The predicted molar refractivity (Wildman–Crippen MR) is 73.2 cm³/mol. The second kappa shape index (κ2) is 10.6. The Morgan fingerprint density at radius 1 is 1.56 bits per heavy atom. The average Bonchev–Trinajstić information content (AvgIpc) is 2.84. The summed E-state index contributed by atoms with van der Waals surface area (Å²) < 4.78 is 10.8. The van der Waals surface area contributed by atoms with E-state index in [0.29, 0.717) is 32.2 Å². The maximum atomic E-state index is 11.4. The van der Waals surface area contributed by atoms with Gasteiger partial charge in [0.25, 0.3) is 0 Å². The van der Waals surface area contributed by atoms with Gasteiger partial charge < -0.3 is 20.1 Å². The van der Waals surface area contributed by atoms with Crippen LogP contribution < -0.4 is 10.6 Å². The molecular formula is C12H25ClN2O3. The summed E-state index contributed by atoms with van der Waals surface area (Å²) in [6.45, 7) is 4.60. The fourth-order valence-electron chi connectivity index (χ4n) is 1.61. The summed E-state index contributed by atoms with van der Waals surface area (Å²) in [4.78, 5) is 11.4. The third-order valence-corrected chi connectivity index (χ3v) is 2.90. The second-order valence-corrected chi connectivity index (χ2v) is 4.45. The highest BCUT2D eigenvalue weighted by atomic mass is 35.5. The van der Waals surface area contributed by atoms with Gasteiger partial charge in [-0.05, 0) is 26.8 Å². The Hall–Kier alpha value is -0.360. The largest absolute Gasteiger partial charge is 0.378 e. The van der Waals surface area contributed by atoms with Gasteiger partial charge in [-0.25, -0.2) is 0 Å². The fraction of sp³-hybridized carbons (Fsp3) is 0.917. The number of nitrogens with one attached hydrogen (secondary N) is 2. The first-order chi connectivity index (χ1) is 8.22. The van der Waals surface area contributed by atoms with Crippen molar-refractivity contribution in [1.29, 1.82) is 0 Å². The number of rotatable bonds is 8. The van der Waals surface area contributed by atoms with E-state index in [1.165, 1.54) is 0 Å². The molecule has 0 aromatic rings. The van der Waals surface area contributed by atoms with Crippen molar-refractivity contribution >= 4 is 18.3 Å². The molecule has 108 valence electrons. The zero-order valence-corrected chi connectivity index (χ0v) is 12.1. The summed E-state index contributed by atoms with van der Waals surface area (Å²) in [5.41, 5.74) is 0. The Morgan fingerprint density at radius 3 is 2.94 bits per heavy atom. The SMILES string of the molecule is CNC(C)CNC(=O)CCOCC1CCCO1.Cl. The third-order valence-electron chi connectivity index (χ3n) is 2.90. The number of halogens is 1. The summed E-state index contributed by atoms with van der Waals surface area (Å²) in [5, 5.41) is 5.91. The topological polar surface area (TPSA) is 59.6 Å². The van der Waals surface area contributed by atoms with Gasteiger partial charge in [0.2, 0.25) is 5.91 Å². The summed E-state index contributed by atoms with van der Waals surface area (Å²) >= 11 is 0. The molecule has 2 atom stereocenters. The molecule has 1 aliphatic heterocycles. The first-order valence-electron chi connectivity index (χ1n) is 6.35. The molecule has 1 aliphatic rings. The highest BCUT2D eigenvalue weighted by Gasteiger charge is 2.15. The molecule has 5 nitrogen and oxygen atoms in total. The molecule has 2 unspecified atom stereocenters. The Kier molecular flexibility index (Phi) is 10.3. The Balaban J connectivity index is 0.00000289. The van der Waals surface area contributed by atoms with Gasteiger partial charge in [0.05, 0.1) is 19.3 Å². The van der Waals surface area contributed by atoms with E-state index in [-0.39, 0.29) is 24.4 Å². The molecule has 0 radical (unpaired) electrons. The molecule has 2 N–H and O–H groups in total. The maximum Gasteiger partial charge on any atom is 0.222 e. The van der Waals surface area contributed by atoms with Crippen molar-refractivity contribution in [2.45, 2.75) is 38.3 Å². The summed E-state index contributed by atoms with van der Waals surface area (Å²) in [5.74, 6) is 0.0411. The minimum absolute atomic E-state index is 0. The molecule has 0 aromatic heterocycles. The molecule has 1 fully saturated rings. The monoisotopic (exact) mass is 280 g/mol. The number of carbonyl (C=O) groups excluding carboxylic acids is 1. The predicted octanol–water partition coefficient (Wildman–Crippen LogP) is 0.718. The summed E-state index contributed by atoms with van der Waals surface area (Å²) in [6.07, 6.45) is 2.85. The second-order valence-electron chi connectivity index (χ2n) is 4.45. The van der Waals surface area contributed by atoms with Crippen molar-refractivity contribution < 1.29 is 14.3 Å². The van der Waals surface area contributed by atoms with Crippen LogP contribution in [-0.2, 0) is 14.3 Å². The van der Waals surface area contributed by atoms with Gasteiger partial charge >= 0.3 is 0 Å². The van der Waals surface area contributed by atoms with Gasteiger partial charge in [-0.1, -0.05) is 0 Å². The van der Waals surface area contributed by atoms with E-state index < -0.39 is 0 Å². The molecular weight excluding hydrogens is 256 g/mol. The van der Waals surface area contributed by atoms with Crippen LogP contribution in [0.1, 0.15) is 26.2 Å². The molecule has 1 rings (SSSR count). The zero-order chi connectivity index (χ0) is 12.5. The minimum Gasteiger partial charge on any atom is -0.378 e. The highest BCUT2D eigenvalue weighted by Crippen LogP contribution is 2.11. The lowest BCUT2D eigenvalue weighted by atomic mass is 10.2. The molecule has 18 heavy (non-hydrogen) atoms. The van der Waals surface area contributed by atoms with Gasteiger partial charge in [0, 0.05) is 25.6 Å². The zero-order valence-electron chi connectivity index (χ0n) is 11.2. The van der Waals surface area contributed by atoms with Crippen LogP contribution in [0.5, 0.6) is 0 Å². The lowest BCUT2D eigenvalue weighted by Gasteiger charge is -2.12. The molecule has 0 aliphatic carbocycles. The number of hydrogen-bond donors (Lipinski definition) is 2. The molecule has 1 heterocycles. The van der Waals surface area contributed by atoms with Crippen LogP contribution >= 0.6 is 12.4 Å². The van der Waals surface area contributed by atoms with Crippen LogP contribution in [0, 0.1) is 0 Å². The number of carbonyl (C=O) groups is 1. The number of likely N-dealkylation sites (N-methyl/N-ethyl adjacent to an activating group) is 1. The Morgan fingerprint density at radius 2 is 2.33 bits per heavy atom. The molecule has 1 saturated heterocycles. The van der Waals surface area contributed by atoms with Crippen molar-refractivity contribution in [3.8, 4) is 0 Å². The van der Waals surface area contributed by atoms with E-state index in [1.54, 1.807) is 0 Å².